The topological polar surface area (TPSA) is 0 Å². The van der Waals surface area contributed by atoms with E-state index >= 15 is 0 Å². The Bertz CT molecular complexity index is 829. The van der Waals surface area contributed by atoms with Gasteiger partial charge in [0.15, 0.2) is 0 Å². The first-order valence-electron chi connectivity index (χ1n) is 8.08. The third-order valence-electron chi connectivity index (χ3n) is 4.57. The van der Waals surface area contributed by atoms with E-state index in [1.165, 1.54) is 5.57 Å². The van der Waals surface area contributed by atoms with Crippen molar-refractivity contribution in [1.29, 1.82) is 0 Å². The molecule has 118 valence electrons. The number of allylic oxidation sites excluding steroid dienone is 5. The Morgan fingerprint density at radius 2 is 1.38 bits per heavy atom. The molecule has 2 bridgehead atoms. The number of hydrogen-bond acceptors (Lipinski definition) is 0. The van der Waals surface area contributed by atoms with Gasteiger partial charge in [0.1, 0.15) is 0 Å². The highest BCUT2D eigenvalue weighted by atomic mass is 35.5. The van der Waals surface area contributed by atoms with Crippen LogP contribution in [0.25, 0.3) is 5.57 Å². The molecule has 0 unspecified atom stereocenters. The molecule has 0 aliphatic heterocycles. The number of rotatable bonds is 2. The number of benzene rings is 2. The minimum atomic E-state index is 0.467. The maximum Gasteiger partial charge on any atom is 0.0406 e. The Hall–Kier alpha value is -1.98. The van der Waals surface area contributed by atoms with E-state index in [0.717, 1.165) is 33.2 Å². The molecule has 0 aromatic heterocycles. The van der Waals surface area contributed by atoms with Crippen molar-refractivity contribution in [3.8, 4) is 0 Å². The van der Waals surface area contributed by atoms with Crippen LogP contribution in [0.2, 0.25) is 10.0 Å². The van der Waals surface area contributed by atoms with Gasteiger partial charge in [0.05, 0.1) is 0 Å². The average molecular weight is 351 g/mol. The molecule has 2 aliphatic carbocycles. The fourth-order valence-corrected chi connectivity index (χ4v) is 3.53. The van der Waals surface area contributed by atoms with Crippen LogP contribution in [0, 0.1) is 11.8 Å². The molecule has 2 aromatic carbocycles. The van der Waals surface area contributed by atoms with Gasteiger partial charge in [-0.2, -0.15) is 0 Å². The zero-order valence-corrected chi connectivity index (χ0v) is 14.6. The van der Waals surface area contributed by atoms with Gasteiger partial charge in [-0.15, -0.1) is 5.73 Å². The summed E-state index contributed by atoms with van der Waals surface area (Å²) < 4.78 is 0. The molecule has 0 saturated heterocycles. The van der Waals surface area contributed by atoms with Crippen LogP contribution in [0.4, 0.5) is 0 Å². The number of fused-ring (bicyclic) bond motifs is 2. The second-order valence-electron chi connectivity index (χ2n) is 6.22. The summed E-state index contributed by atoms with van der Waals surface area (Å²) in [4.78, 5) is 0. The maximum absolute atomic E-state index is 6.05. The van der Waals surface area contributed by atoms with E-state index in [9.17, 15) is 0 Å². The lowest BCUT2D eigenvalue weighted by molar-refractivity contribution is 0.639. The van der Waals surface area contributed by atoms with Crippen LogP contribution in [-0.2, 0) is 0 Å². The second kappa shape index (κ2) is 6.49. The predicted molar refractivity (Wildman–Crippen MR) is 102 cm³/mol. The first-order chi connectivity index (χ1) is 11.7. The van der Waals surface area contributed by atoms with Gasteiger partial charge in [-0.05, 0) is 47.7 Å². The summed E-state index contributed by atoms with van der Waals surface area (Å²) in [5.41, 5.74) is 8.18. The monoisotopic (exact) mass is 350 g/mol. The van der Waals surface area contributed by atoms with Crippen molar-refractivity contribution in [3.05, 3.63) is 105 Å². The maximum atomic E-state index is 6.05. The minimum absolute atomic E-state index is 0.467. The third-order valence-corrected chi connectivity index (χ3v) is 5.08. The molecule has 2 atom stereocenters. The molecule has 4 rings (SSSR count). The van der Waals surface area contributed by atoms with Crippen LogP contribution in [0.3, 0.4) is 0 Å². The Morgan fingerprint density at radius 3 is 1.96 bits per heavy atom. The largest absolute Gasteiger partial charge is 0.108 e. The Labute approximate surface area is 152 Å². The zero-order chi connectivity index (χ0) is 16.5. The van der Waals surface area contributed by atoms with Gasteiger partial charge >= 0.3 is 0 Å². The van der Waals surface area contributed by atoms with Gasteiger partial charge in [-0.25, -0.2) is 0 Å². The Balaban J connectivity index is 1.90. The van der Waals surface area contributed by atoms with Gasteiger partial charge < -0.3 is 0 Å². The molecule has 0 N–H and O–H groups in total. The lowest BCUT2D eigenvalue weighted by atomic mass is 9.88. The minimum Gasteiger partial charge on any atom is -0.108 e. The van der Waals surface area contributed by atoms with E-state index in [1.54, 1.807) is 0 Å². The van der Waals surface area contributed by atoms with Crippen LogP contribution in [0.15, 0.2) is 84.1 Å². The van der Waals surface area contributed by atoms with Crippen molar-refractivity contribution in [1.82, 2.24) is 0 Å². The summed E-state index contributed by atoms with van der Waals surface area (Å²) in [6, 6.07) is 15.8. The summed E-state index contributed by atoms with van der Waals surface area (Å²) in [7, 11) is 0. The van der Waals surface area contributed by atoms with E-state index in [4.69, 9.17) is 23.2 Å². The smallest absolute Gasteiger partial charge is 0.0406 e. The van der Waals surface area contributed by atoms with E-state index < -0.39 is 0 Å². The highest BCUT2D eigenvalue weighted by molar-refractivity contribution is 6.31. The van der Waals surface area contributed by atoms with Crippen molar-refractivity contribution >= 4 is 28.8 Å². The van der Waals surface area contributed by atoms with E-state index in [0.29, 0.717) is 11.8 Å². The van der Waals surface area contributed by atoms with Gasteiger partial charge in [0, 0.05) is 27.1 Å². The third kappa shape index (κ3) is 3.14. The Morgan fingerprint density at radius 1 is 0.792 bits per heavy atom. The molecule has 0 amide bonds. The summed E-state index contributed by atoms with van der Waals surface area (Å²) in [6.45, 7) is 0. The molecule has 0 nitrogen and oxygen atoms in total. The predicted octanol–water partition coefficient (Wildman–Crippen LogP) is 6.71. The molecule has 24 heavy (non-hydrogen) atoms. The molecule has 0 fully saturated rings. The van der Waals surface area contributed by atoms with Gasteiger partial charge in [0.2, 0.25) is 0 Å². The van der Waals surface area contributed by atoms with Crippen LogP contribution >= 0.6 is 23.2 Å². The average Bonchev–Trinajstić information content (AvgIpc) is 2.99. The molecular formula is C22H16Cl2. The van der Waals surface area contributed by atoms with Crippen molar-refractivity contribution in [2.24, 2.45) is 11.8 Å². The fourth-order valence-electron chi connectivity index (χ4n) is 3.27. The van der Waals surface area contributed by atoms with Gasteiger partial charge in [-0.1, -0.05) is 71.8 Å². The lowest BCUT2D eigenvalue weighted by Gasteiger charge is -2.15. The highest BCUT2D eigenvalue weighted by Crippen LogP contribution is 2.36. The second-order valence-corrected chi connectivity index (χ2v) is 7.09. The van der Waals surface area contributed by atoms with E-state index in [2.05, 4.69) is 30.0 Å². The molecule has 2 aliphatic rings. The summed E-state index contributed by atoms with van der Waals surface area (Å²) >= 11 is 12.1. The van der Waals surface area contributed by atoms with Crippen molar-refractivity contribution in [2.45, 2.75) is 6.42 Å². The molecular weight excluding hydrogens is 335 g/mol. The van der Waals surface area contributed by atoms with Gasteiger partial charge in [0.25, 0.3) is 0 Å². The van der Waals surface area contributed by atoms with Crippen LogP contribution in [0.1, 0.15) is 17.5 Å². The zero-order valence-electron chi connectivity index (χ0n) is 13.0. The lowest BCUT2D eigenvalue weighted by Crippen LogP contribution is -2.03. The van der Waals surface area contributed by atoms with E-state index in [-0.39, 0.29) is 0 Å². The summed E-state index contributed by atoms with van der Waals surface area (Å²) in [5, 5.41) is 1.47. The summed E-state index contributed by atoms with van der Waals surface area (Å²) in [5.74, 6) is 1.06. The molecule has 2 aromatic rings. The van der Waals surface area contributed by atoms with Crippen molar-refractivity contribution < 1.29 is 0 Å². The first kappa shape index (κ1) is 15.5. The molecule has 0 heterocycles. The van der Waals surface area contributed by atoms with Crippen LogP contribution in [-0.4, -0.2) is 0 Å². The van der Waals surface area contributed by atoms with E-state index in [1.807, 2.05) is 48.5 Å². The summed E-state index contributed by atoms with van der Waals surface area (Å²) in [6.07, 6.45) is 10.2. The molecule has 0 spiro atoms. The quantitative estimate of drug-likeness (QED) is 0.416. The molecule has 0 saturated carbocycles. The number of hydrogen-bond donors (Lipinski definition) is 0. The molecule has 2 heteroatoms. The SMILES string of the molecule is Clc1ccc(C(=C=C2C=C[C@@H]3C=C[C@H]2C3)c2ccc(Cl)cc2)cc1. The highest BCUT2D eigenvalue weighted by Gasteiger charge is 2.23. The van der Waals surface area contributed by atoms with Crippen LogP contribution < -0.4 is 0 Å². The van der Waals surface area contributed by atoms with Gasteiger partial charge in [-0.3, -0.25) is 0 Å². The normalized spacial score (nSPS) is 21.0. The van der Waals surface area contributed by atoms with Crippen molar-refractivity contribution in [2.75, 3.05) is 0 Å². The standard InChI is InChI=1S/C22H16Cl2/c23-20-9-5-16(6-10-20)22(17-7-11-21(24)12-8-17)14-19-4-2-15-1-3-18(19)13-15/h1-12,15,18H,13H2/t15-,18-/m0/s1. The van der Waals surface area contributed by atoms with Crippen LogP contribution in [0.5, 0.6) is 0 Å². The number of halogens is 2. The van der Waals surface area contributed by atoms with Crippen molar-refractivity contribution in [3.63, 3.8) is 0 Å². The molecule has 0 radical (unpaired) electrons. The Kier molecular flexibility index (Phi) is 4.21. The fraction of sp³-hybridized carbons (Fsp3) is 0.136. The first-order valence-corrected chi connectivity index (χ1v) is 8.84.